The number of rotatable bonds is 7. The Labute approximate surface area is 148 Å². The number of benzene rings is 1. The molecule has 0 aliphatic heterocycles. The van der Waals surface area contributed by atoms with Crippen LogP contribution in [0.2, 0.25) is 0 Å². The second-order valence-electron chi connectivity index (χ2n) is 6.60. The minimum absolute atomic E-state index is 0.0216. The van der Waals surface area contributed by atoms with Crippen molar-refractivity contribution in [3.63, 3.8) is 0 Å². The third kappa shape index (κ3) is 4.01. The summed E-state index contributed by atoms with van der Waals surface area (Å²) >= 11 is 0. The van der Waals surface area contributed by atoms with Crippen LogP contribution in [0, 0.1) is 0 Å². The highest BCUT2D eigenvalue weighted by atomic mass is 32.2. The third-order valence-corrected chi connectivity index (χ3v) is 6.46. The van der Waals surface area contributed by atoms with Gasteiger partial charge in [-0.3, -0.25) is 4.79 Å². The molecule has 8 heteroatoms. The summed E-state index contributed by atoms with van der Waals surface area (Å²) in [6.45, 7) is 4.98. The first-order valence-corrected chi connectivity index (χ1v) is 9.65. The second-order valence-corrected chi connectivity index (χ2v) is 8.60. The number of hydrogen-bond acceptors (Lipinski definition) is 4. The minimum Gasteiger partial charge on any atom is -0.480 e. The quantitative estimate of drug-likeness (QED) is 0.792. The zero-order chi connectivity index (χ0) is 18.9. The maximum atomic E-state index is 12.8. The molecule has 1 unspecified atom stereocenters. The van der Waals surface area contributed by atoms with E-state index in [-0.39, 0.29) is 22.5 Å². The van der Waals surface area contributed by atoms with Gasteiger partial charge in [0.05, 0.1) is 4.90 Å². The first-order valence-electron chi connectivity index (χ1n) is 8.21. The number of nitrogens with zero attached hydrogens (tertiary/aromatic N) is 2. The van der Waals surface area contributed by atoms with Crippen molar-refractivity contribution in [3.05, 3.63) is 29.8 Å². The average molecular weight is 368 g/mol. The molecule has 0 heterocycles. The number of hydrogen-bond donors (Lipinski definition) is 1. The number of amides is 1. The molecular weight excluding hydrogens is 344 g/mol. The molecule has 1 aliphatic carbocycles. The molecule has 1 fully saturated rings. The SMILES string of the molecule is CC(C(=O)O)N(C(=O)c1cccc(S(=O)(=O)N(C)C(C)C)c1)C1CC1. The van der Waals surface area contributed by atoms with E-state index in [1.807, 2.05) is 0 Å². The van der Waals surface area contributed by atoms with Crippen molar-refractivity contribution in [2.75, 3.05) is 7.05 Å². The van der Waals surface area contributed by atoms with Crippen LogP contribution < -0.4 is 0 Å². The Morgan fingerprint density at radius 1 is 1.20 bits per heavy atom. The molecule has 0 spiro atoms. The van der Waals surface area contributed by atoms with Gasteiger partial charge in [0.25, 0.3) is 5.91 Å². The van der Waals surface area contributed by atoms with Crippen LogP contribution in [0.25, 0.3) is 0 Å². The molecule has 1 aliphatic rings. The second kappa shape index (κ2) is 7.13. The largest absolute Gasteiger partial charge is 0.480 e. The summed E-state index contributed by atoms with van der Waals surface area (Å²) < 4.78 is 26.5. The number of carboxylic acids is 1. The maximum absolute atomic E-state index is 12.8. The van der Waals surface area contributed by atoms with Gasteiger partial charge >= 0.3 is 5.97 Å². The van der Waals surface area contributed by atoms with E-state index in [4.69, 9.17) is 0 Å². The van der Waals surface area contributed by atoms with Gasteiger partial charge in [0.2, 0.25) is 10.0 Å². The molecule has 1 N–H and O–H groups in total. The molecule has 0 saturated heterocycles. The number of sulfonamides is 1. The van der Waals surface area contributed by atoms with Crippen molar-refractivity contribution in [3.8, 4) is 0 Å². The van der Waals surface area contributed by atoms with Crippen LogP contribution >= 0.6 is 0 Å². The highest BCUT2D eigenvalue weighted by molar-refractivity contribution is 7.89. The molecule has 1 aromatic carbocycles. The van der Waals surface area contributed by atoms with Gasteiger partial charge in [0, 0.05) is 24.7 Å². The lowest BCUT2D eigenvalue weighted by atomic mass is 10.1. The molecule has 1 aromatic rings. The van der Waals surface area contributed by atoms with Gasteiger partial charge < -0.3 is 10.0 Å². The smallest absolute Gasteiger partial charge is 0.326 e. The molecule has 0 radical (unpaired) electrons. The molecule has 1 amide bonds. The topological polar surface area (TPSA) is 95.0 Å². The zero-order valence-corrected chi connectivity index (χ0v) is 15.7. The van der Waals surface area contributed by atoms with Gasteiger partial charge in [-0.15, -0.1) is 0 Å². The number of carboxylic acid groups (broad SMARTS) is 1. The highest BCUT2D eigenvalue weighted by Gasteiger charge is 2.39. The normalized spacial score (nSPS) is 16.1. The average Bonchev–Trinajstić information content (AvgIpc) is 3.38. The maximum Gasteiger partial charge on any atom is 0.326 e. The summed E-state index contributed by atoms with van der Waals surface area (Å²) in [6, 6.07) is 4.49. The van der Waals surface area contributed by atoms with Crippen LogP contribution in [0.3, 0.4) is 0 Å². The standard InChI is InChI=1S/C17H24N2O5S/c1-11(2)18(4)25(23,24)15-7-5-6-13(10-15)16(20)19(14-8-9-14)12(3)17(21)22/h5-7,10-12,14H,8-9H2,1-4H3,(H,21,22). The van der Waals surface area contributed by atoms with Crippen molar-refractivity contribution < 1.29 is 23.1 Å². The number of aliphatic carboxylic acids is 1. The summed E-state index contributed by atoms with van der Waals surface area (Å²) in [5, 5.41) is 9.25. The van der Waals surface area contributed by atoms with Crippen molar-refractivity contribution in [2.45, 2.75) is 56.6 Å². The lowest BCUT2D eigenvalue weighted by molar-refractivity contribution is -0.141. The van der Waals surface area contributed by atoms with Crippen molar-refractivity contribution in [2.24, 2.45) is 0 Å². The highest BCUT2D eigenvalue weighted by Crippen LogP contribution is 2.30. The van der Waals surface area contributed by atoms with Crippen LogP contribution in [0.4, 0.5) is 0 Å². The Bertz CT molecular complexity index is 771. The van der Waals surface area contributed by atoms with Crippen LogP contribution in [0.1, 0.15) is 44.0 Å². The van der Waals surface area contributed by atoms with Gasteiger partial charge in [-0.2, -0.15) is 4.31 Å². The fraction of sp³-hybridized carbons (Fsp3) is 0.529. The van der Waals surface area contributed by atoms with Crippen molar-refractivity contribution in [1.82, 2.24) is 9.21 Å². The van der Waals surface area contributed by atoms with Crippen LogP contribution in [-0.4, -0.2) is 59.8 Å². The predicted octanol–water partition coefficient (Wildman–Crippen LogP) is 1.79. The molecule has 0 aromatic heterocycles. The lowest BCUT2D eigenvalue weighted by Gasteiger charge is -2.27. The van der Waals surface area contributed by atoms with E-state index >= 15 is 0 Å². The Morgan fingerprint density at radius 2 is 1.80 bits per heavy atom. The fourth-order valence-electron chi connectivity index (χ4n) is 2.51. The van der Waals surface area contributed by atoms with E-state index in [9.17, 15) is 23.1 Å². The van der Waals surface area contributed by atoms with Gasteiger partial charge in [0.15, 0.2) is 0 Å². The number of carbonyl (C=O) groups is 2. The van der Waals surface area contributed by atoms with E-state index < -0.39 is 27.9 Å². The predicted molar refractivity (Wildman–Crippen MR) is 92.8 cm³/mol. The molecule has 2 rings (SSSR count). The van der Waals surface area contributed by atoms with Gasteiger partial charge in [-0.05, 0) is 51.8 Å². The number of carbonyl (C=O) groups excluding carboxylic acids is 1. The first kappa shape index (κ1) is 19.4. The van der Waals surface area contributed by atoms with Gasteiger partial charge in [-0.1, -0.05) is 6.07 Å². The lowest BCUT2D eigenvalue weighted by Crippen LogP contribution is -2.44. The first-order chi connectivity index (χ1) is 11.6. The Hall–Kier alpha value is -1.93. The molecule has 1 saturated carbocycles. The molecule has 0 bridgehead atoms. The Morgan fingerprint density at radius 3 is 2.28 bits per heavy atom. The summed E-state index contributed by atoms with van der Waals surface area (Å²) in [6.07, 6.45) is 1.52. The minimum atomic E-state index is -3.71. The van der Waals surface area contributed by atoms with Crippen LogP contribution in [0.5, 0.6) is 0 Å². The molecule has 138 valence electrons. The summed E-state index contributed by atoms with van der Waals surface area (Å²) in [5.41, 5.74) is 0.179. The van der Waals surface area contributed by atoms with E-state index in [1.165, 1.54) is 47.4 Å². The zero-order valence-electron chi connectivity index (χ0n) is 14.8. The van der Waals surface area contributed by atoms with E-state index in [2.05, 4.69) is 0 Å². The third-order valence-electron chi connectivity index (χ3n) is 4.43. The fourth-order valence-corrected chi connectivity index (χ4v) is 3.93. The summed E-state index contributed by atoms with van der Waals surface area (Å²) in [4.78, 5) is 25.5. The monoisotopic (exact) mass is 368 g/mol. The summed E-state index contributed by atoms with van der Waals surface area (Å²) in [5.74, 6) is -1.54. The molecule has 7 nitrogen and oxygen atoms in total. The Balaban J connectivity index is 2.37. The van der Waals surface area contributed by atoms with E-state index in [0.29, 0.717) is 0 Å². The van der Waals surface area contributed by atoms with Gasteiger partial charge in [0.1, 0.15) is 6.04 Å². The van der Waals surface area contributed by atoms with Crippen molar-refractivity contribution in [1.29, 1.82) is 0 Å². The Kier molecular flexibility index (Phi) is 5.53. The van der Waals surface area contributed by atoms with Crippen LogP contribution in [0.15, 0.2) is 29.2 Å². The summed E-state index contributed by atoms with van der Waals surface area (Å²) in [7, 11) is -2.23. The van der Waals surface area contributed by atoms with Gasteiger partial charge in [-0.25, -0.2) is 13.2 Å². The molecular formula is C17H24N2O5S. The van der Waals surface area contributed by atoms with E-state index in [0.717, 1.165) is 12.8 Å². The van der Waals surface area contributed by atoms with E-state index in [1.54, 1.807) is 13.8 Å². The molecule has 1 atom stereocenters. The molecule has 25 heavy (non-hydrogen) atoms. The van der Waals surface area contributed by atoms with Crippen molar-refractivity contribution >= 4 is 21.9 Å². The van der Waals surface area contributed by atoms with Crippen LogP contribution in [-0.2, 0) is 14.8 Å².